The summed E-state index contributed by atoms with van der Waals surface area (Å²) < 4.78 is 3.51. The van der Waals surface area contributed by atoms with Crippen molar-refractivity contribution in [3.05, 3.63) is 81.0 Å². The molecular weight excluding hydrogens is 460 g/mol. The Labute approximate surface area is 206 Å². The van der Waals surface area contributed by atoms with Crippen molar-refractivity contribution in [2.75, 3.05) is 11.4 Å². The maximum Gasteiger partial charge on any atom is 0.266 e. The molecule has 1 aromatic heterocycles. The summed E-state index contributed by atoms with van der Waals surface area (Å²) in [5, 5.41) is 15.8. The number of Topliss-reactive ketones (excluding diaryl/α,β-unsaturated/α-hetero) is 1. The van der Waals surface area contributed by atoms with Crippen LogP contribution in [0.25, 0.3) is 15.8 Å². The summed E-state index contributed by atoms with van der Waals surface area (Å²) in [6.45, 7) is 6.26. The van der Waals surface area contributed by atoms with Crippen LogP contribution in [0.4, 0.5) is 5.69 Å². The van der Waals surface area contributed by atoms with E-state index < -0.39 is 0 Å². The zero-order valence-corrected chi connectivity index (χ0v) is 20.8. The van der Waals surface area contributed by atoms with E-state index in [1.54, 1.807) is 23.1 Å². The fourth-order valence-electron chi connectivity index (χ4n) is 5.87. The first kappa shape index (κ1) is 20.5. The Balaban J connectivity index is 1.39. The van der Waals surface area contributed by atoms with Gasteiger partial charge in [0.1, 0.15) is 4.70 Å². The molecule has 7 rings (SSSR count). The Morgan fingerprint density at radius 2 is 1.74 bits per heavy atom. The summed E-state index contributed by atoms with van der Waals surface area (Å²) in [5.74, 6) is 0.668. The number of carbonyl (C=O) groups excluding carboxylic acids is 1. The lowest BCUT2D eigenvalue weighted by Gasteiger charge is -2.39. The van der Waals surface area contributed by atoms with Crippen LogP contribution in [0.15, 0.2) is 80.9 Å². The largest absolute Gasteiger partial charge is 0.871 e. The number of allylic oxidation sites excluding steroid dienone is 4. The van der Waals surface area contributed by atoms with Gasteiger partial charge >= 0.3 is 0 Å². The number of hydrogen-bond donors (Lipinski definition) is 0. The molecule has 0 fully saturated rings. The summed E-state index contributed by atoms with van der Waals surface area (Å²) in [6, 6.07) is 16.7. The van der Waals surface area contributed by atoms with Crippen molar-refractivity contribution in [1.29, 1.82) is 0 Å². The van der Waals surface area contributed by atoms with Crippen molar-refractivity contribution in [3.63, 3.8) is 0 Å². The van der Waals surface area contributed by atoms with Crippen LogP contribution in [-0.2, 0) is 11.3 Å². The van der Waals surface area contributed by atoms with Gasteiger partial charge in [0.2, 0.25) is 5.52 Å². The highest BCUT2D eigenvalue weighted by atomic mass is 32.2. The summed E-state index contributed by atoms with van der Waals surface area (Å²) in [6.07, 6.45) is 1.56. The first-order valence-electron chi connectivity index (χ1n) is 11.9. The van der Waals surface area contributed by atoms with Crippen LogP contribution in [-0.4, -0.2) is 12.3 Å². The molecule has 0 saturated heterocycles. The first-order chi connectivity index (χ1) is 16.5. The van der Waals surface area contributed by atoms with Crippen LogP contribution in [0.2, 0.25) is 0 Å². The quantitative estimate of drug-likeness (QED) is 0.359. The number of thioether (sulfide) groups is 1. The molecule has 0 N–H and O–H groups in total. The second-order valence-electron chi connectivity index (χ2n) is 9.96. The van der Waals surface area contributed by atoms with E-state index in [0.717, 1.165) is 47.1 Å². The zero-order chi connectivity index (χ0) is 23.1. The Morgan fingerprint density at radius 1 is 0.971 bits per heavy atom. The minimum absolute atomic E-state index is 0.0498. The highest BCUT2D eigenvalue weighted by Gasteiger charge is 2.43. The van der Waals surface area contributed by atoms with Gasteiger partial charge in [-0.15, -0.1) is 0 Å². The lowest BCUT2D eigenvalue weighted by molar-refractivity contribution is -0.679. The molecule has 34 heavy (non-hydrogen) atoms. The molecule has 0 amide bonds. The number of hydrogen-bond acceptors (Lipinski definition) is 5. The van der Waals surface area contributed by atoms with Crippen LogP contribution in [0.3, 0.4) is 0 Å². The molecule has 170 valence electrons. The number of rotatable bonds is 1. The van der Waals surface area contributed by atoms with Gasteiger partial charge in [-0.2, -0.15) is 4.57 Å². The molecule has 0 spiro atoms. The lowest BCUT2D eigenvalue weighted by Crippen LogP contribution is -2.44. The van der Waals surface area contributed by atoms with Crippen LogP contribution in [0, 0.1) is 11.8 Å². The van der Waals surface area contributed by atoms with Crippen LogP contribution < -0.4 is 14.6 Å². The van der Waals surface area contributed by atoms with E-state index in [-0.39, 0.29) is 11.5 Å². The second kappa shape index (κ2) is 7.33. The highest BCUT2D eigenvalue weighted by Crippen LogP contribution is 2.53. The molecule has 0 radical (unpaired) electrons. The van der Waals surface area contributed by atoms with E-state index >= 15 is 0 Å². The zero-order valence-electron chi connectivity index (χ0n) is 19.1. The third kappa shape index (κ3) is 2.78. The number of benzene rings is 2. The third-order valence-corrected chi connectivity index (χ3v) is 9.79. The van der Waals surface area contributed by atoms with Crippen molar-refractivity contribution in [2.24, 2.45) is 11.8 Å². The fraction of sp³-hybridized carbons (Fsp3) is 0.286. The van der Waals surface area contributed by atoms with Gasteiger partial charge in [0.15, 0.2) is 12.3 Å². The number of para-hydroxylation sites is 2. The smallest absolute Gasteiger partial charge is 0.266 e. The number of aromatic nitrogens is 1. The molecule has 2 unspecified atom stereocenters. The van der Waals surface area contributed by atoms with E-state index in [1.807, 2.05) is 12.1 Å². The Bertz CT molecular complexity index is 1510. The Hall–Kier alpha value is -2.83. The van der Waals surface area contributed by atoms with Crippen LogP contribution in [0.1, 0.15) is 31.7 Å². The molecule has 4 nitrogen and oxygen atoms in total. The van der Waals surface area contributed by atoms with Gasteiger partial charge < -0.3 is 10.0 Å². The Kier molecular flexibility index (Phi) is 4.43. The number of ketones is 1. The molecule has 0 bridgehead atoms. The third-order valence-electron chi connectivity index (χ3n) is 7.34. The molecule has 2 aromatic carbocycles. The molecule has 3 aromatic rings. The normalized spacial score (nSPS) is 26.1. The number of carbonyl (C=O) groups is 1. The van der Waals surface area contributed by atoms with Crippen molar-refractivity contribution < 1.29 is 14.5 Å². The second-order valence-corrected chi connectivity index (χ2v) is 12.0. The van der Waals surface area contributed by atoms with Gasteiger partial charge in [0, 0.05) is 40.1 Å². The topological polar surface area (TPSA) is 47.2 Å². The predicted octanol–water partition coefficient (Wildman–Crippen LogP) is 5.04. The maximum absolute atomic E-state index is 13.7. The molecule has 6 heteroatoms. The average molecular weight is 485 g/mol. The Morgan fingerprint density at radius 3 is 2.59 bits per heavy atom. The van der Waals surface area contributed by atoms with E-state index in [1.165, 1.54) is 20.8 Å². The van der Waals surface area contributed by atoms with Gasteiger partial charge in [0.25, 0.3) is 5.01 Å². The number of nitrogens with zero attached hydrogens (tertiary/aromatic N) is 2. The van der Waals surface area contributed by atoms with E-state index in [4.69, 9.17) is 0 Å². The van der Waals surface area contributed by atoms with Gasteiger partial charge in [-0.3, -0.25) is 4.79 Å². The van der Waals surface area contributed by atoms with E-state index in [0.29, 0.717) is 23.0 Å². The molecule has 4 aliphatic rings. The van der Waals surface area contributed by atoms with Gasteiger partial charge in [-0.25, -0.2) is 0 Å². The van der Waals surface area contributed by atoms with Gasteiger partial charge in [-0.05, 0) is 42.5 Å². The maximum atomic E-state index is 13.7. The number of fused-ring (bicyclic) bond motifs is 6. The fourth-order valence-corrected chi connectivity index (χ4v) is 8.32. The summed E-state index contributed by atoms with van der Waals surface area (Å²) >= 11 is 3.41. The molecule has 3 aliphatic heterocycles. The van der Waals surface area contributed by atoms with E-state index in [9.17, 15) is 9.90 Å². The molecular formula is C28H24N2O2S2. The van der Waals surface area contributed by atoms with Crippen LogP contribution in [0.5, 0.6) is 0 Å². The molecule has 0 saturated carbocycles. The monoisotopic (exact) mass is 484 g/mol. The van der Waals surface area contributed by atoms with E-state index in [2.05, 4.69) is 59.7 Å². The summed E-state index contributed by atoms with van der Waals surface area (Å²) in [5.41, 5.74) is 5.15. The van der Waals surface area contributed by atoms with Crippen LogP contribution >= 0.6 is 23.1 Å². The predicted molar refractivity (Wildman–Crippen MR) is 135 cm³/mol. The highest BCUT2D eigenvalue weighted by molar-refractivity contribution is 8.03. The summed E-state index contributed by atoms with van der Waals surface area (Å²) in [7, 11) is 0. The SMILES string of the molecule is CC1CC(C2=C([O-])/C(=C3/CC(C)C[n+]4c3sc3ccccc34)C2=O)=C2Sc3ccccc3N2C1. The molecule has 4 heterocycles. The number of thiazole rings is 1. The summed E-state index contributed by atoms with van der Waals surface area (Å²) in [4.78, 5) is 17.2. The van der Waals surface area contributed by atoms with Crippen molar-refractivity contribution >= 4 is 50.4 Å². The molecule has 2 atom stereocenters. The average Bonchev–Trinajstić information content (AvgIpc) is 3.38. The number of anilines is 1. The minimum atomic E-state index is -0.0498. The van der Waals surface area contributed by atoms with Crippen molar-refractivity contribution in [1.82, 2.24) is 0 Å². The molecule has 1 aliphatic carbocycles. The van der Waals surface area contributed by atoms with Gasteiger partial charge in [0.05, 0.1) is 10.7 Å². The van der Waals surface area contributed by atoms with Crippen molar-refractivity contribution in [2.45, 2.75) is 38.1 Å². The van der Waals surface area contributed by atoms with Gasteiger partial charge in [-0.1, -0.05) is 67.0 Å². The van der Waals surface area contributed by atoms with Crippen molar-refractivity contribution in [3.8, 4) is 0 Å². The standard InChI is InChI=1S/C28H24N2O2S2/c1-15-11-17(27-29(13-15)19-7-3-5-9-21(19)33-27)23-25(31)24(26(23)32)18-12-16(2)14-30-20-8-4-6-10-22(20)34-28(18)30/h3-10,15-16H,11-14H2,1-2H3. The lowest BCUT2D eigenvalue weighted by atomic mass is 9.76. The minimum Gasteiger partial charge on any atom is -0.871 e. The first-order valence-corrected chi connectivity index (χ1v) is 13.5.